The smallest absolute Gasteiger partial charge is 0.231 e. The van der Waals surface area contributed by atoms with Gasteiger partial charge in [-0.1, -0.05) is 37.3 Å². The Bertz CT molecular complexity index is 272. The molecule has 1 aromatic rings. The number of hydrogen-bond donors (Lipinski definition) is 0. The highest BCUT2D eigenvalue weighted by molar-refractivity contribution is 6.82. The number of benzene rings is 1. The van der Waals surface area contributed by atoms with Gasteiger partial charge < -0.3 is 4.12 Å². The third kappa shape index (κ3) is 3.40. The SMILES string of the molecule is CC[Si](C)(C)O[Si](C)c1ccccc1. The maximum absolute atomic E-state index is 6.21. The maximum Gasteiger partial charge on any atom is 0.231 e. The fraction of sp³-hybridized carbons (Fsp3) is 0.455. The second-order valence-corrected chi connectivity index (χ2v) is 10.9. The first-order valence-corrected chi connectivity index (χ1v) is 10.2. The fourth-order valence-corrected chi connectivity index (χ4v) is 6.24. The topological polar surface area (TPSA) is 9.23 Å². The van der Waals surface area contributed by atoms with Crippen LogP contribution in [0, 0.1) is 0 Å². The van der Waals surface area contributed by atoms with Crippen LogP contribution in [0.25, 0.3) is 0 Å². The van der Waals surface area contributed by atoms with E-state index in [-0.39, 0.29) is 0 Å². The Morgan fingerprint density at radius 2 is 1.79 bits per heavy atom. The van der Waals surface area contributed by atoms with E-state index in [0.29, 0.717) is 0 Å². The van der Waals surface area contributed by atoms with Crippen LogP contribution in [-0.2, 0) is 4.12 Å². The van der Waals surface area contributed by atoms with Gasteiger partial charge in [-0.05, 0) is 30.9 Å². The Hall–Kier alpha value is -0.386. The van der Waals surface area contributed by atoms with Crippen molar-refractivity contribution >= 4 is 22.5 Å². The average Bonchev–Trinajstić information content (AvgIpc) is 2.19. The first-order chi connectivity index (χ1) is 6.55. The molecule has 1 radical (unpaired) electrons. The molecule has 1 aromatic carbocycles. The monoisotopic (exact) mass is 223 g/mol. The highest BCUT2D eigenvalue weighted by Gasteiger charge is 2.23. The van der Waals surface area contributed by atoms with Crippen LogP contribution in [0.2, 0.25) is 25.7 Å². The lowest BCUT2D eigenvalue weighted by Gasteiger charge is -2.25. The molecule has 0 saturated heterocycles. The molecule has 0 fully saturated rings. The van der Waals surface area contributed by atoms with Crippen molar-refractivity contribution in [3.05, 3.63) is 30.3 Å². The van der Waals surface area contributed by atoms with Gasteiger partial charge in [0.05, 0.1) is 0 Å². The van der Waals surface area contributed by atoms with Crippen LogP contribution >= 0.6 is 0 Å². The van der Waals surface area contributed by atoms with Crippen LogP contribution in [0.1, 0.15) is 6.92 Å². The van der Waals surface area contributed by atoms with Crippen molar-refractivity contribution in [3.8, 4) is 0 Å². The predicted molar refractivity (Wildman–Crippen MR) is 66.7 cm³/mol. The molecule has 0 aromatic heterocycles. The van der Waals surface area contributed by atoms with Crippen molar-refractivity contribution in [2.24, 2.45) is 0 Å². The molecule has 1 rings (SSSR count). The Kier molecular flexibility index (Phi) is 4.10. The molecule has 0 unspecified atom stereocenters. The Morgan fingerprint density at radius 3 is 2.29 bits per heavy atom. The van der Waals surface area contributed by atoms with E-state index in [0.717, 1.165) is 0 Å². The molecule has 0 amide bonds. The van der Waals surface area contributed by atoms with Crippen molar-refractivity contribution in [1.82, 2.24) is 0 Å². The molecule has 0 atom stereocenters. The summed E-state index contributed by atoms with van der Waals surface area (Å²) in [4.78, 5) is 0. The standard InChI is InChI=1S/C11H19OSi2/c1-5-14(3,4)12-13(2)11-9-7-6-8-10-11/h6-10H,5H2,1-4H3. The fourth-order valence-electron chi connectivity index (χ4n) is 1.22. The molecule has 77 valence electrons. The van der Waals surface area contributed by atoms with Gasteiger partial charge in [0.15, 0.2) is 8.32 Å². The van der Waals surface area contributed by atoms with Gasteiger partial charge in [0.1, 0.15) is 0 Å². The number of rotatable bonds is 4. The largest absolute Gasteiger partial charge is 0.452 e. The van der Waals surface area contributed by atoms with Gasteiger partial charge in [0.25, 0.3) is 0 Å². The Balaban J connectivity index is 2.64. The molecule has 1 nitrogen and oxygen atoms in total. The molecule has 0 aliphatic rings. The van der Waals surface area contributed by atoms with E-state index in [1.165, 1.54) is 11.2 Å². The second-order valence-electron chi connectivity index (χ2n) is 4.14. The summed E-state index contributed by atoms with van der Waals surface area (Å²) in [5, 5.41) is 1.38. The van der Waals surface area contributed by atoms with Crippen molar-refractivity contribution in [2.45, 2.75) is 32.6 Å². The molecule has 3 heteroatoms. The zero-order valence-electron chi connectivity index (χ0n) is 9.50. The predicted octanol–water partition coefficient (Wildman–Crippen LogP) is 2.76. The summed E-state index contributed by atoms with van der Waals surface area (Å²) in [6, 6.07) is 11.8. The number of hydrogen-bond acceptors (Lipinski definition) is 1. The maximum atomic E-state index is 6.21. The minimum absolute atomic E-state index is 0.775. The van der Waals surface area contributed by atoms with Gasteiger partial charge in [-0.2, -0.15) is 0 Å². The summed E-state index contributed by atoms with van der Waals surface area (Å²) in [7, 11) is -2.15. The van der Waals surface area contributed by atoms with E-state index in [4.69, 9.17) is 4.12 Å². The first kappa shape index (κ1) is 11.7. The lowest BCUT2D eigenvalue weighted by molar-refractivity contribution is 0.579. The van der Waals surface area contributed by atoms with Gasteiger partial charge in [0.2, 0.25) is 9.04 Å². The van der Waals surface area contributed by atoms with Crippen LogP contribution in [0.4, 0.5) is 0 Å². The summed E-state index contributed by atoms with van der Waals surface area (Å²) in [6.45, 7) is 9.06. The van der Waals surface area contributed by atoms with Crippen LogP contribution in [0.3, 0.4) is 0 Å². The van der Waals surface area contributed by atoms with Crippen molar-refractivity contribution in [3.63, 3.8) is 0 Å². The summed E-state index contributed by atoms with van der Waals surface area (Å²) in [6.07, 6.45) is 0. The molecule has 0 heterocycles. The van der Waals surface area contributed by atoms with Crippen LogP contribution in [0.15, 0.2) is 30.3 Å². The second kappa shape index (κ2) is 4.91. The molecular formula is C11H19OSi2. The third-order valence-electron chi connectivity index (χ3n) is 2.46. The third-order valence-corrected chi connectivity index (χ3v) is 8.75. The normalized spacial score (nSPS) is 12.1. The summed E-state index contributed by atoms with van der Waals surface area (Å²) < 4.78 is 6.21. The average molecular weight is 223 g/mol. The molecule has 14 heavy (non-hydrogen) atoms. The van der Waals surface area contributed by atoms with Crippen LogP contribution in [-0.4, -0.2) is 17.4 Å². The van der Waals surface area contributed by atoms with Crippen LogP contribution < -0.4 is 5.19 Å². The van der Waals surface area contributed by atoms with Crippen molar-refractivity contribution in [1.29, 1.82) is 0 Å². The first-order valence-electron chi connectivity index (χ1n) is 5.13. The van der Waals surface area contributed by atoms with Crippen LogP contribution in [0.5, 0.6) is 0 Å². The zero-order valence-corrected chi connectivity index (χ0v) is 11.5. The molecule has 0 aliphatic heterocycles. The van der Waals surface area contributed by atoms with E-state index < -0.39 is 17.4 Å². The van der Waals surface area contributed by atoms with E-state index in [2.05, 4.69) is 56.9 Å². The molecule has 0 saturated carbocycles. The minimum Gasteiger partial charge on any atom is -0.452 e. The quantitative estimate of drug-likeness (QED) is 0.713. The van der Waals surface area contributed by atoms with Gasteiger partial charge in [0, 0.05) is 0 Å². The van der Waals surface area contributed by atoms with Crippen molar-refractivity contribution in [2.75, 3.05) is 0 Å². The Morgan fingerprint density at radius 1 is 1.21 bits per heavy atom. The summed E-state index contributed by atoms with van der Waals surface area (Å²) >= 11 is 0. The van der Waals surface area contributed by atoms with E-state index in [1.54, 1.807) is 0 Å². The molecule has 0 bridgehead atoms. The van der Waals surface area contributed by atoms with E-state index in [9.17, 15) is 0 Å². The van der Waals surface area contributed by atoms with E-state index in [1.807, 2.05) is 0 Å². The molecule has 0 aliphatic carbocycles. The summed E-state index contributed by atoms with van der Waals surface area (Å²) in [5.41, 5.74) is 0. The lowest BCUT2D eigenvalue weighted by Crippen LogP contribution is -2.42. The molecule has 0 N–H and O–H groups in total. The Labute approximate surface area is 90.0 Å². The van der Waals surface area contributed by atoms with Gasteiger partial charge in [-0.25, -0.2) is 0 Å². The minimum atomic E-state index is -1.38. The van der Waals surface area contributed by atoms with Gasteiger partial charge in [-0.15, -0.1) is 0 Å². The van der Waals surface area contributed by atoms with Gasteiger partial charge >= 0.3 is 0 Å². The molecular weight excluding hydrogens is 204 g/mol. The highest BCUT2D eigenvalue weighted by Crippen LogP contribution is 2.11. The lowest BCUT2D eigenvalue weighted by atomic mass is 10.4. The van der Waals surface area contributed by atoms with E-state index >= 15 is 0 Å². The molecule has 0 spiro atoms. The van der Waals surface area contributed by atoms with Gasteiger partial charge in [-0.3, -0.25) is 0 Å². The van der Waals surface area contributed by atoms with Crippen molar-refractivity contribution < 1.29 is 4.12 Å². The highest BCUT2D eigenvalue weighted by atomic mass is 28.4. The summed E-state index contributed by atoms with van der Waals surface area (Å²) in [5.74, 6) is 0. The zero-order chi connectivity index (χ0) is 10.6.